The van der Waals surface area contributed by atoms with Crippen LogP contribution in [0.1, 0.15) is 44.2 Å². The van der Waals surface area contributed by atoms with Crippen LogP contribution < -0.4 is 5.32 Å². The fraction of sp³-hybridized carbons (Fsp3) is 0.375. The Hall–Kier alpha value is -2.30. The Balaban J connectivity index is 2.11. The maximum Gasteiger partial charge on any atom is 0.226 e. The summed E-state index contributed by atoms with van der Waals surface area (Å²) in [6, 6.07) is 7.07. The molecule has 1 atom stereocenters. The van der Waals surface area contributed by atoms with E-state index in [0.29, 0.717) is 6.42 Å². The molecule has 0 saturated heterocycles. The molecule has 1 aromatic heterocycles. The van der Waals surface area contributed by atoms with Gasteiger partial charge in [0.25, 0.3) is 0 Å². The summed E-state index contributed by atoms with van der Waals surface area (Å²) in [5, 5.41) is 17.0. The number of hydrogen-bond acceptors (Lipinski definition) is 3. The molecular formula is C16H19N3O2. The van der Waals surface area contributed by atoms with Crippen LogP contribution in [0.25, 0.3) is 0 Å². The van der Waals surface area contributed by atoms with Crippen LogP contribution >= 0.6 is 0 Å². The van der Waals surface area contributed by atoms with Crippen molar-refractivity contribution in [2.24, 2.45) is 0 Å². The van der Waals surface area contributed by atoms with Gasteiger partial charge >= 0.3 is 0 Å². The molecule has 21 heavy (non-hydrogen) atoms. The number of carbonyl (C=O) groups excluding carboxylic acids is 1. The molecule has 0 spiro atoms. The molecule has 0 radical (unpaired) electrons. The maximum absolute atomic E-state index is 12.1. The number of aromatic hydroxyl groups is 1. The van der Waals surface area contributed by atoms with Gasteiger partial charge in [-0.15, -0.1) is 0 Å². The predicted molar refractivity (Wildman–Crippen MR) is 80.4 cm³/mol. The van der Waals surface area contributed by atoms with E-state index in [1.165, 1.54) is 0 Å². The van der Waals surface area contributed by atoms with Crippen LogP contribution in [0, 0.1) is 0 Å². The number of nitrogens with one attached hydrogen (secondary N) is 1. The molecule has 2 N–H and O–H groups in total. The Labute approximate surface area is 123 Å². The molecule has 5 nitrogen and oxygen atoms in total. The fourth-order valence-corrected chi connectivity index (χ4v) is 2.77. The highest BCUT2D eigenvalue weighted by molar-refractivity contribution is 5.94. The third kappa shape index (κ3) is 2.39. The molecule has 1 aliphatic rings. The van der Waals surface area contributed by atoms with Crippen LogP contribution in [-0.4, -0.2) is 20.8 Å². The van der Waals surface area contributed by atoms with E-state index in [2.05, 4.69) is 10.4 Å². The number of rotatable bonds is 1. The molecule has 0 unspecified atom stereocenters. The van der Waals surface area contributed by atoms with Gasteiger partial charge in [0.1, 0.15) is 11.6 Å². The summed E-state index contributed by atoms with van der Waals surface area (Å²) in [7, 11) is 0. The summed E-state index contributed by atoms with van der Waals surface area (Å²) >= 11 is 0. The average molecular weight is 285 g/mol. The van der Waals surface area contributed by atoms with E-state index in [0.717, 1.165) is 16.9 Å². The monoisotopic (exact) mass is 285 g/mol. The third-order valence-electron chi connectivity index (χ3n) is 3.73. The Morgan fingerprint density at radius 2 is 2.14 bits per heavy atom. The van der Waals surface area contributed by atoms with Gasteiger partial charge in [-0.05, 0) is 38.5 Å². The quantitative estimate of drug-likeness (QED) is 0.846. The smallest absolute Gasteiger partial charge is 0.226 e. The number of anilines is 1. The topological polar surface area (TPSA) is 67.2 Å². The first-order valence-electron chi connectivity index (χ1n) is 7.03. The molecule has 110 valence electrons. The molecule has 0 saturated carbocycles. The van der Waals surface area contributed by atoms with Crippen molar-refractivity contribution in [2.75, 3.05) is 5.32 Å². The van der Waals surface area contributed by atoms with Gasteiger partial charge in [-0.1, -0.05) is 12.1 Å². The number of carbonyl (C=O) groups is 1. The van der Waals surface area contributed by atoms with Crippen molar-refractivity contribution >= 4 is 11.7 Å². The molecule has 2 aromatic rings. The largest absolute Gasteiger partial charge is 0.508 e. The second-order valence-electron chi connectivity index (χ2n) is 6.43. The zero-order valence-electron chi connectivity index (χ0n) is 12.4. The molecule has 0 aliphatic carbocycles. The molecule has 3 rings (SSSR count). The summed E-state index contributed by atoms with van der Waals surface area (Å²) in [6.07, 6.45) is 2.18. The maximum atomic E-state index is 12.1. The minimum absolute atomic E-state index is 0.0261. The van der Waals surface area contributed by atoms with E-state index >= 15 is 0 Å². The number of phenolic OH excluding ortho intramolecular Hbond substituents is 1. The van der Waals surface area contributed by atoms with Crippen molar-refractivity contribution < 1.29 is 9.90 Å². The van der Waals surface area contributed by atoms with Gasteiger partial charge < -0.3 is 10.4 Å². The van der Waals surface area contributed by atoms with E-state index in [1.54, 1.807) is 18.2 Å². The van der Waals surface area contributed by atoms with E-state index in [4.69, 9.17) is 0 Å². The van der Waals surface area contributed by atoms with Crippen molar-refractivity contribution in [3.8, 4) is 5.75 Å². The van der Waals surface area contributed by atoms with Crippen LogP contribution in [0.4, 0.5) is 5.82 Å². The lowest BCUT2D eigenvalue weighted by Gasteiger charge is -2.28. The molecule has 0 bridgehead atoms. The second-order valence-corrected chi connectivity index (χ2v) is 6.43. The summed E-state index contributed by atoms with van der Waals surface area (Å²) in [6.45, 7) is 6.14. The van der Waals surface area contributed by atoms with Gasteiger partial charge in [-0.3, -0.25) is 4.79 Å². The molecular weight excluding hydrogens is 266 g/mol. The number of fused-ring (bicyclic) bond motifs is 1. The molecule has 0 fully saturated rings. The van der Waals surface area contributed by atoms with Gasteiger partial charge in [0.15, 0.2) is 0 Å². The molecule has 1 aliphatic heterocycles. The Kier molecular flexibility index (Phi) is 3.01. The number of nitrogens with zero attached hydrogens (tertiary/aromatic N) is 2. The van der Waals surface area contributed by atoms with Gasteiger partial charge in [-0.25, -0.2) is 4.68 Å². The summed E-state index contributed by atoms with van der Waals surface area (Å²) in [4.78, 5) is 12.1. The Bertz CT molecular complexity index is 698. The SMILES string of the molecule is CC(C)(C)n1ncc2c1NC(=O)C[C@@H]2c1cccc(O)c1. The van der Waals surface area contributed by atoms with Crippen LogP contribution in [0.15, 0.2) is 30.5 Å². The number of benzene rings is 1. The second kappa shape index (κ2) is 4.62. The van der Waals surface area contributed by atoms with Crippen LogP contribution in [0.5, 0.6) is 5.75 Å². The van der Waals surface area contributed by atoms with Gasteiger partial charge in [0.2, 0.25) is 5.91 Å². The first-order valence-corrected chi connectivity index (χ1v) is 7.03. The van der Waals surface area contributed by atoms with Gasteiger partial charge in [-0.2, -0.15) is 5.10 Å². The highest BCUT2D eigenvalue weighted by Crippen LogP contribution is 2.39. The van der Waals surface area contributed by atoms with Gasteiger partial charge in [0.05, 0.1) is 11.7 Å². The minimum atomic E-state index is -0.207. The van der Waals surface area contributed by atoms with E-state index < -0.39 is 0 Å². The molecule has 2 heterocycles. The molecule has 1 amide bonds. The fourth-order valence-electron chi connectivity index (χ4n) is 2.77. The standard InChI is InChI=1S/C16H19N3O2/c1-16(2,3)19-15-13(9-17-19)12(8-14(21)18-15)10-5-4-6-11(20)7-10/h4-7,9,12,20H,8H2,1-3H3,(H,18,21)/t12-/m1/s1. The van der Waals surface area contributed by atoms with Crippen molar-refractivity contribution in [2.45, 2.75) is 38.6 Å². The lowest BCUT2D eigenvalue weighted by atomic mass is 9.87. The first-order chi connectivity index (χ1) is 9.86. The lowest BCUT2D eigenvalue weighted by molar-refractivity contribution is -0.116. The normalized spacial score (nSPS) is 18.2. The van der Waals surface area contributed by atoms with Crippen molar-refractivity contribution in [1.82, 2.24) is 9.78 Å². The minimum Gasteiger partial charge on any atom is -0.508 e. The molecule has 1 aromatic carbocycles. The number of hydrogen-bond donors (Lipinski definition) is 2. The Morgan fingerprint density at radius 3 is 2.81 bits per heavy atom. The zero-order valence-corrected chi connectivity index (χ0v) is 12.4. The number of amides is 1. The van der Waals surface area contributed by atoms with Crippen molar-refractivity contribution in [1.29, 1.82) is 0 Å². The van der Waals surface area contributed by atoms with Crippen LogP contribution in [0.3, 0.4) is 0 Å². The van der Waals surface area contributed by atoms with Gasteiger partial charge in [0, 0.05) is 17.9 Å². The van der Waals surface area contributed by atoms with E-state index in [9.17, 15) is 9.90 Å². The Morgan fingerprint density at radius 1 is 1.38 bits per heavy atom. The third-order valence-corrected chi connectivity index (χ3v) is 3.73. The lowest BCUT2D eigenvalue weighted by Crippen LogP contribution is -2.30. The molecule has 5 heteroatoms. The summed E-state index contributed by atoms with van der Waals surface area (Å²) < 4.78 is 1.84. The van der Waals surface area contributed by atoms with Crippen LogP contribution in [0.2, 0.25) is 0 Å². The first kappa shape index (κ1) is 13.7. The number of aromatic nitrogens is 2. The van der Waals surface area contributed by atoms with Crippen molar-refractivity contribution in [3.63, 3.8) is 0 Å². The summed E-state index contributed by atoms with van der Waals surface area (Å²) in [5.41, 5.74) is 1.72. The summed E-state index contributed by atoms with van der Waals surface area (Å²) in [5.74, 6) is 0.870. The highest BCUT2D eigenvalue weighted by Gasteiger charge is 2.32. The number of phenols is 1. The van der Waals surface area contributed by atoms with Crippen LogP contribution in [-0.2, 0) is 10.3 Å². The highest BCUT2D eigenvalue weighted by atomic mass is 16.3. The zero-order chi connectivity index (χ0) is 15.2. The van der Waals surface area contributed by atoms with Crippen molar-refractivity contribution in [3.05, 3.63) is 41.6 Å². The predicted octanol–water partition coefficient (Wildman–Crippen LogP) is 2.82. The van der Waals surface area contributed by atoms with E-state index in [1.807, 2.05) is 37.7 Å². The average Bonchev–Trinajstić information content (AvgIpc) is 2.81. The van der Waals surface area contributed by atoms with E-state index in [-0.39, 0.29) is 23.1 Å².